The third-order valence-electron chi connectivity index (χ3n) is 3.01. The summed E-state index contributed by atoms with van der Waals surface area (Å²) < 4.78 is 44.9. The van der Waals surface area contributed by atoms with Gasteiger partial charge in [-0.1, -0.05) is 17.3 Å². The minimum Gasteiger partial charge on any atom is -0.406 e. The molecule has 2 aromatic rings. The first-order valence-corrected chi connectivity index (χ1v) is 6.10. The lowest BCUT2D eigenvalue weighted by Crippen LogP contribution is -2.22. The molecule has 0 bridgehead atoms. The van der Waals surface area contributed by atoms with Gasteiger partial charge in [-0.25, -0.2) is 0 Å². The Morgan fingerprint density at radius 2 is 1.82 bits per heavy atom. The molecule has 0 aliphatic carbocycles. The average molecular weight is 315 g/mol. The Morgan fingerprint density at radius 3 is 2.27 bits per heavy atom. The van der Waals surface area contributed by atoms with Crippen molar-refractivity contribution >= 4 is 5.91 Å². The number of hydrogen-bond donors (Lipinski definition) is 1. The number of amides is 1. The Morgan fingerprint density at radius 1 is 1.23 bits per heavy atom. The average Bonchev–Trinajstić information content (AvgIpc) is 2.87. The molecule has 2 N–H and O–H groups in total. The van der Waals surface area contributed by atoms with Gasteiger partial charge in [0.1, 0.15) is 5.75 Å². The van der Waals surface area contributed by atoms with Crippen LogP contribution in [-0.4, -0.2) is 22.4 Å². The van der Waals surface area contributed by atoms with Gasteiger partial charge in [0.2, 0.25) is 0 Å². The number of carbonyl (C=O) groups is 1. The Hall–Kier alpha value is -2.58. The van der Waals surface area contributed by atoms with Gasteiger partial charge in [-0.05, 0) is 31.5 Å². The predicted molar refractivity (Wildman–Crippen MR) is 68.1 cm³/mol. The van der Waals surface area contributed by atoms with Crippen LogP contribution in [0.25, 0.3) is 0 Å². The molecule has 1 heterocycles. The Labute approximate surface area is 123 Å². The lowest BCUT2D eigenvalue weighted by atomic mass is 9.84. The normalized spacial score (nSPS) is 12.2. The summed E-state index contributed by atoms with van der Waals surface area (Å²) in [5.74, 6) is -1.34. The fourth-order valence-electron chi connectivity index (χ4n) is 1.78. The molecule has 0 saturated carbocycles. The van der Waals surface area contributed by atoms with Gasteiger partial charge < -0.3 is 15.0 Å². The van der Waals surface area contributed by atoms with Crippen LogP contribution < -0.4 is 10.5 Å². The van der Waals surface area contributed by atoms with Crippen LogP contribution in [0.3, 0.4) is 0 Å². The zero-order valence-corrected chi connectivity index (χ0v) is 11.6. The van der Waals surface area contributed by atoms with E-state index in [2.05, 4.69) is 14.9 Å². The fourth-order valence-corrected chi connectivity index (χ4v) is 1.78. The molecule has 6 nitrogen and oxygen atoms in total. The molecule has 1 aromatic heterocycles. The molecule has 2 rings (SSSR count). The number of benzene rings is 1. The van der Waals surface area contributed by atoms with Gasteiger partial charge in [-0.3, -0.25) is 4.79 Å². The first kappa shape index (κ1) is 15.8. The van der Waals surface area contributed by atoms with Crippen molar-refractivity contribution in [2.24, 2.45) is 5.73 Å². The highest BCUT2D eigenvalue weighted by molar-refractivity contribution is 5.87. The van der Waals surface area contributed by atoms with Crippen LogP contribution in [0.1, 0.15) is 35.9 Å². The lowest BCUT2D eigenvalue weighted by Gasteiger charge is -2.21. The molecular weight excluding hydrogens is 303 g/mol. The smallest absolute Gasteiger partial charge is 0.406 e. The van der Waals surface area contributed by atoms with E-state index in [1.54, 1.807) is 13.8 Å². The van der Waals surface area contributed by atoms with Gasteiger partial charge in [-0.2, -0.15) is 4.98 Å². The number of hydrogen-bond acceptors (Lipinski definition) is 5. The highest BCUT2D eigenvalue weighted by atomic mass is 19.4. The molecule has 118 valence electrons. The minimum absolute atomic E-state index is 0.186. The quantitative estimate of drug-likeness (QED) is 0.935. The first-order valence-electron chi connectivity index (χ1n) is 6.10. The summed E-state index contributed by atoms with van der Waals surface area (Å²) >= 11 is 0. The van der Waals surface area contributed by atoms with Crippen molar-refractivity contribution in [3.05, 3.63) is 41.5 Å². The maximum Gasteiger partial charge on any atom is 0.573 e. The molecule has 22 heavy (non-hydrogen) atoms. The Kier molecular flexibility index (Phi) is 3.82. The van der Waals surface area contributed by atoms with Crippen molar-refractivity contribution in [3.8, 4) is 5.75 Å². The highest BCUT2D eigenvalue weighted by Gasteiger charge is 2.32. The SMILES string of the molecule is CC(C)(c1ccc(OC(F)(F)F)cc1)c1noc(C(N)=O)n1. The van der Waals surface area contributed by atoms with Crippen LogP contribution in [0.5, 0.6) is 5.75 Å². The van der Waals surface area contributed by atoms with Crippen LogP contribution in [0, 0.1) is 0 Å². The number of rotatable bonds is 4. The van der Waals surface area contributed by atoms with Crippen LogP contribution in [-0.2, 0) is 5.41 Å². The molecule has 0 spiro atoms. The number of nitrogens with zero attached hydrogens (tertiary/aromatic N) is 2. The van der Waals surface area contributed by atoms with Crippen molar-refractivity contribution in [1.82, 2.24) is 10.1 Å². The Bertz CT molecular complexity index is 678. The summed E-state index contributed by atoms with van der Waals surface area (Å²) in [6.07, 6.45) is -4.75. The van der Waals surface area contributed by atoms with Crippen molar-refractivity contribution in [2.45, 2.75) is 25.6 Å². The maximum atomic E-state index is 12.1. The fraction of sp³-hybridized carbons (Fsp3) is 0.308. The molecule has 9 heteroatoms. The largest absolute Gasteiger partial charge is 0.573 e. The topological polar surface area (TPSA) is 91.2 Å². The molecule has 0 aliphatic rings. The summed E-state index contributed by atoms with van der Waals surface area (Å²) in [6, 6.07) is 5.25. The summed E-state index contributed by atoms with van der Waals surface area (Å²) in [7, 11) is 0. The number of nitrogens with two attached hydrogens (primary N) is 1. The van der Waals surface area contributed by atoms with Crippen LogP contribution in [0.4, 0.5) is 13.2 Å². The van der Waals surface area contributed by atoms with Gasteiger partial charge >= 0.3 is 18.2 Å². The van der Waals surface area contributed by atoms with Gasteiger partial charge in [0.15, 0.2) is 5.82 Å². The van der Waals surface area contributed by atoms with Crippen molar-refractivity contribution in [1.29, 1.82) is 0 Å². The zero-order chi connectivity index (χ0) is 16.5. The van der Waals surface area contributed by atoms with Crippen molar-refractivity contribution in [2.75, 3.05) is 0 Å². The van der Waals surface area contributed by atoms with E-state index >= 15 is 0 Å². The van der Waals surface area contributed by atoms with E-state index < -0.39 is 17.7 Å². The van der Waals surface area contributed by atoms with Gasteiger partial charge in [0.25, 0.3) is 0 Å². The Balaban J connectivity index is 2.26. The second kappa shape index (κ2) is 5.32. The van der Waals surface area contributed by atoms with E-state index in [0.29, 0.717) is 5.56 Å². The molecule has 1 aromatic carbocycles. The lowest BCUT2D eigenvalue weighted by molar-refractivity contribution is -0.274. The summed E-state index contributed by atoms with van der Waals surface area (Å²) in [4.78, 5) is 14.8. The molecule has 1 amide bonds. The monoisotopic (exact) mass is 315 g/mol. The van der Waals surface area contributed by atoms with Crippen LogP contribution >= 0.6 is 0 Å². The molecule has 0 saturated heterocycles. The van der Waals surface area contributed by atoms with Crippen molar-refractivity contribution in [3.63, 3.8) is 0 Å². The summed E-state index contributed by atoms with van der Waals surface area (Å²) in [5, 5.41) is 3.67. The van der Waals surface area contributed by atoms with Gasteiger partial charge in [0, 0.05) is 0 Å². The summed E-state index contributed by atoms with van der Waals surface area (Å²) in [6.45, 7) is 3.45. The molecule has 0 aliphatic heterocycles. The van der Waals surface area contributed by atoms with Crippen LogP contribution in [0.2, 0.25) is 0 Å². The third kappa shape index (κ3) is 3.35. The van der Waals surface area contributed by atoms with E-state index in [4.69, 9.17) is 10.3 Å². The number of aromatic nitrogens is 2. The number of carbonyl (C=O) groups excluding carboxylic acids is 1. The second-order valence-electron chi connectivity index (χ2n) is 4.98. The second-order valence-corrected chi connectivity index (χ2v) is 4.98. The standard InChI is InChI=1S/C13H12F3N3O3/c1-12(2,11-18-10(9(17)20)22-19-11)7-3-5-8(6-4-7)21-13(14,15)16/h3-6H,1-2H3,(H2,17,20). The third-order valence-corrected chi connectivity index (χ3v) is 3.01. The zero-order valence-electron chi connectivity index (χ0n) is 11.6. The predicted octanol–water partition coefficient (Wildman–Crippen LogP) is 2.39. The molecule has 0 radical (unpaired) electrons. The van der Waals surface area contributed by atoms with Gasteiger partial charge in [0.05, 0.1) is 5.41 Å². The number of halogens is 3. The molecule has 0 fully saturated rings. The van der Waals surface area contributed by atoms with E-state index in [-0.39, 0.29) is 17.5 Å². The van der Waals surface area contributed by atoms with E-state index in [1.165, 1.54) is 24.3 Å². The van der Waals surface area contributed by atoms with Crippen LogP contribution in [0.15, 0.2) is 28.8 Å². The maximum absolute atomic E-state index is 12.1. The van der Waals surface area contributed by atoms with E-state index in [0.717, 1.165) is 0 Å². The molecule has 0 unspecified atom stereocenters. The van der Waals surface area contributed by atoms with Gasteiger partial charge in [-0.15, -0.1) is 13.2 Å². The summed E-state index contributed by atoms with van der Waals surface area (Å²) in [5.41, 5.74) is 4.84. The highest BCUT2D eigenvalue weighted by Crippen LogP contribution is 2.31. The van der Waals surface area contributed by atoms with E-state index in [9.17, 15) is 18.0 Å². The number of primary amides is 1. The van der Waals surface area contributed by atoms with Crippen molar-refractivity contribution < 1.29 is 27.2 Å². The number of alkyl halides is 3. The van der Waals surface area contributed by atoms with E-state index in [1.807, 2.05) is 0 Å². The first-order chi connectivity index (χ1) is 10.1. The molecule has 0 atom stereocenters. The molecular formula is C13H12F3N3O3. The minimum atomic E-state index is -4.75. The number of ether oxygens (including phenoxy) is 1.